The van der Waals surface area contributed by atoms with Gasteiger partial charge >= 0.3 is 6.09 Å². The van der Waals surface area contributed by atoms with Crippen molar-refractivity contribution < 1.29 is 19.1 Å². The molecule has 4 rings (SSSR count). The molecule has 0 radical (unpaired) electrons. The van der Waals surface area contributed by atoms with Gasteiger partial charge in [-0.15, -0.1) is 5.10 Å². The second kappa shape index (κ2) is 5.94. The lowest BCUT2D eigenvalue weighted by atomic mass is 10.0. The second-order valence-electron chi connectivity index (χ2n) is 6.37. The molecule has 2 aliphatic rings. The van der Waals surface area contributed by atoms with Crippen LogP contribution in [0.4, 0.5) is 9.18 Å². The Bertz CT molecular complexity index is 823. The summed E-state index contributed by atoms with van der Waals surface area (Å²) in [4.78, 5) is 29.1. The van der Waals surface area contributed by atoms with E-state index in [4.69, 9.17) is 0 Å². The zero-order valence-electron chi connectivity index (χ0n) is 13.4. The minimum Gasteiger partial charge on any atom is -0.465 e. The van der Waals surface area contributed by atoms with Crippen LogP contribution in [0.1, 0.15) is 53.5 Å². The van der Waals surface area contributed by atoms with E-state index in [1.165, 1.54) is 4.68 Å². The summed E-state index contributed by atoms with van der Waals surface area (Å²) in [6.07, 6.45) is -1.13. The topological polar surface area (TPSA) is 88.3 Å². The number of carbonyl (C=O) groups is 2. The normalized spacial score (nSPS) is 25.2. The molecule has 1 aromatic heterocycles. The minimum absolute atomic E-state index is 0.101. The maximum atomic E-state index is 14.4. The molecule has 1 amide bonds. The average molecular weight is 344 g/mol. The number of hydrogen-bond acceptors (Lipinski definition) is 4. The van der Waals surface area contributed by atoms with Gasteiger partial charge in [-0.2, -0.15) is 0 Å². The summed E-state index contributed by atoms with van der Waals surface area (Å²) < 4.78 is 15.8. The van der Waals surface area contributed by atoms with E-state index in [1.54, 1.807) is 0 Å². The highest BCUT2D eigenvalue weighted by molar-refractivity contribution is 5.98. The van der Waals surface area contributed by atoms with Crippen LogP contribution in [-0.2, 0) is 0 Å². The van der Waals surface area contributed by atoms with E-state index in [0.717, 1.165) is 10.5 Å². The van der Waals surface area contributed by atoms with Crippen LogP contribution >= 0.6 is 0 Å². The van der Waals surface area contributed by atoms with Gasteiger partial charge < -0.3 is 5.11 Å². The Morgan fingerprint density at radius 1 is 1.24 bits per heavy atom. The molecule has 0 aliphatic carbocycles. The highest BCUT2D eigenvalue weighted by atomic mass is 19.1. The van der Waals surface area contributed by atoms with Crippen molar-refractivity contribution in [2.24, 2.45) is 0 Å². The van der Waals surface area contributed by atoms with Crippen LogP contribution in [-0.4, -0.2) is 49.2 Å². The number of fused-ring (bicyclic) bond motifs is 1. The van der Waals surface area contributed by atoms with Crippen LogP contribution in [0.15, 0.2) is 30.3 Å². The predicted molar refractivity (Wildman–Crippen MR) is 85.2 cm³/mol. The molecule has 1 N–H and O–H groups in total. The second-order valence-corrected chi connectivity index (χ2v) is 6.37. The van der Waals surface area contributed by atoms with E-state index < -0.39 is 24.1 Å². The van der Waals surface area contributed by atoms with Gasteiger partial charge in [-0.25, -0.2) is 18.9 Å². The van der Waals surface area contributed by atoms with Crippen molar-refractivity contribution in [1.82, 2.24) is 19.7 Å². The first-order chi connectivity index (χ1) is 12.1. The summed E-state index contributed by atoms with van der Waals surface area (Å²) >= 11 is 0. The number of likely N-dealkylation sites (tertiary alicyclic amines) is 1. The molecule has 3 heterocycles. The molecule has 25 heavy (non-hydrogen) atoms. The minimum atomic E-state index is -1.29. The van der Waals surface area contributed by atoms with Gasteiger partial charge in [-0.1, -0.05) is 30.3 Å². The fraction of sp³-hybridized carbons (Fsp3) is 0.412. The Kier molecular flexibility index (Phi) is 3.74. The van der Waals surface area contributed by atoms with Gasteiger partial charge in [-0.05, 0) is 18.4 Å². The summed E-state index contributed by atoms with van der Waals surface area (Å²) in [5.74, 6) is -0.422. The first-order valence-corrected chi connectivity index (χ1v) is 8.25. The molecule has 8 heteroatoms. The number of amides is 1. The van der Waals surface area contributed by atoms with Gasteiger partial charge in [0.15, 0.2) is 12.0 Å². The number of rotatable bonds is 3. The summed E-state index contributed by atoms with van der Waals surface area (Å²) in [7, 11) is 0. The third-order valence-corrected chi connectivity index (χ3v) is 4.87. The Balaban J connectivity index is 1.65. The van der Waals surface area contributed by atoms with Crippen LogP contribution < -0.4 is 0 Å². The van der Waals surface area contributed by atoms with Crippen molar-refractivity contribution in [2.45, 2.75) is 37.5 Å². The van der Waals surface area contributed by atoms with Gasteiger partial charge in [0.25, 0.3) is 0 Å². The van der Waals surface area contributed by atoms with E-state index in [0.29, 0.717) is 19.4 Å². The zero-order chi connectivity index (χ0) is 17.6. The maximum Gasteiger partial charge on any atom is 0.407 e. The summed E-state index contributed by atoms with van der Waals surface area (Å²) in [6.45, 7) is 0.317. The fourth-order valence-corrected chi connectivity index (χ4v) is 3.65. The molecule has 2 aliphatic heterocycles. The van der Waals surface area contributed by atoms with Crippen LogP contribution in [0.3, 0.4) is 0 Å². The molecule has 1 aromatic carbocycles. The highest BCUT2D eigenvalue weighted by Crippen LogP contribution is 2.39. The molecule has 130 valence electrons. The van der Waals surface area contributed by atoms with Crippen molar-refractivity contribution >= 4 is 11.9 Å². The molecular weight excluding hydrogens is 327 g/mol. The molecule has 0 unspecified atom stereocenters. The number of benzene rings is 1. The number of carboxylic acid groups (broad SMARTS) is 1. The molecule has 0 saturated carbocycles. The number of Topliss-reactive ketones (excluding diaryl/α,β-unsaturated/α-hetero) is 1. The maximum absolute atomic E-state index is 14.4. The van der Waals surface area contributed by atoms with Crippen LogP contribution in [0, 0.1) is 0 Å². The summed E-state index contributed by atoms with van der Waals surface area (Å²) in [5, 5.41) is 13.4. The standard InChI is InChI=1S/C17H17FN4O3/c18-11-9-13(10-5-2-1-3-6-10)22-16(11)19-15(20-22)14(23)12-7-4-8-21(12)17(24)25/h1-3,5-6,11-13H,4,7-9H2,(H,24,25)/t11-,12+,13-/m0/s1. The molecule has 7 nitrogen and oxygen atoms in total. The molecule has 1 saturated heterocycles. The lowest BCUT2D eigenvalue weighted by molar-refractivity contribution is 0.0834. The molecule has 3 atom stereocenters. The summed E-state index contributed by atoms with van der Waals surface area (Å²) in [5.41, 5.74) is 0.904. The third kappa shape index (κ3) is 2.57. The van der Waals surface area contributed by atoms with Crippen molar-refractivity contribution in [3.8, 4) is 0 Å². The van der Waals surface area contributed by atoms with Crippen LogP contribution in [0.5, 0.6) is 0 Å². The first kappa shape index (κ1) is 15.7. The Morgan fingerprint density at radius 2 is 2.00 bits per heavy atom. The summed E-state index contributed by atoms with van der Waals surface area (Å²) in [6, 6.07) is 8.30. The van der Waals surface area contributed by atoms with E-state index >= 15 is 0 Å². The largest absolute Gasteiger partial charge is 0.465 e. The Hall–Kier alpha value is -2.77. The molecular formula is C17H17FN4O3. The number of carbonyl (C=O) groups excluding carboxylic acids is 1. The fourth-order valence-electron chi connectivity index (χ4n) is 3.65. The number of ketones is 1. The monoisotopic (exact) mass is 344 g/mol. The number of aromatic nitrogens is 3. The lowest BCUT2D eigenvalue weighted by Crippen LogP contribution is -2.40. The van der Waals surface area contributed by atoms with Crippen molar-refractivity contribution in [2.75, 3.05) is 6.54 Å². The third-order valence-electron chi connectivity index (χ3n) is 4.87. The van der Waals surface area contributed by atoms with Crippen LogP contribution in [0.2, 0.25) is 0 Å². The highest BCUT2D eigenvalue weighted by Gasteiger charge is 2.40. The zero-order valence-corrected chi connectivity index (χ0v) is 13.4. The quantitative estimate of drug-likeness (QED) is 0.865. The van der Waals surface area contributed by atoms with E-state index in [-0.39, 0.29) is 24.1 Å². The van der Waals surface area contributed by atoms with Gasteiger partial charge in [0.2, 0.25) is 11.6 Å². The van der Waals surface area contributed by atoms with Crippen molar-refractivity contribution in [3.05, 3.63) is 47.5 Å². The average Bonchev–Trinajstić information content (AvgIpc) is 3.31. The van der Waals surface area contributed by atoms with Crippen LogP contribution in [0.25, 0.3) is 0 Å². The lowest BCUT2D eigenvalue weighted by Gasteiger charge is -2.18. The first-order valence-electron chi connectivity index (χ1n) is 8.25. The molecule has 2 aromatic rings. The van der Waals surface area contributed by atoms with Gasteiger partial charge in [0.05, 0.1) is 6.04 Å². The van der Waals surface area contributed by atoms with E-state index in [1.807, 2.05) is 30.3 Å². The van der Waals surface area contributed by atoms with Gasteiger partial charge in [-0.3, -0.25) is 9.69 Å². The smallest absolute Gasteiger partial charge is 0.407 e. The Labute approximate surface area is 143 Å². The Morgan fingerprint density at radius 3 is 2.72 bits per heavy atom. The SMILES string of the molecule is O=C(c1nc2n(n1)[C@H](c1ccccc1)C[C@@H]2F)[C@H]1CCCN1C(=O)O. The number of nitrogens with zero attached hydrogens (tertiary/aromatic N) is 4. The predicted octanol–water partition coefficient (Wildman–Crippen LogP) is 2.61. The number of hydrogen-bond donors (Lipinski definition) is 1. The van der Waals surface area contributed by atoms with E-state index in [9.17, 15) is 19.1 Å². The van der Waals surface area contributed by atoms with Crippen molar-refractivity contribution in [1.29, 1.82) is 0 Å². The van der Waals surface area contributed by atoms with Gasteiger partial charge in [0, 0.05) is 13.0 Å². The molecule has 1 fully saturated rings. The molecule has 0 bridgehead atoms. The number of alkyl halides is 1. The van der Waals surface area contributed by atoms with E-state index in [2.05, 4.69) is 10.1 Å². The van der Waals surface area contributed by atoms with Gasteiger partial charge in [0.1, 0.15) is 6.04 Å². The molecule has 0 spiro atoms. The van der Waals surface area contributed by atoms with Crippen molar-refractivity contribution in [3.63, 3.8) is 0 Å². The number of halogens is 1.